The summed E-state index contributed by atoms with van der Waals surface area (Å²) in [5.41, 5.74) is 9.19. The topological polar surface area (TPSA) is 68.0 Å². The number of thiophene rings is 1. The van der Waals surface area contributed by atoms with Crippen LogP contribution >= 0.6 is 11.3 Å². The van der Waals surface area contributed by atoms with Gasteiger partial charge >= 0.3 is 0 Å². The first-order chi connectivity index (χ1) is 10.1. The Morgan fingerprint density at radius 1 is 1.43 bits per heavy atom. The molecule has 0 aliphatic heterocycles. The van der Waals surface area contributed by atoms with Crippen molar-refractivity contribution in [1.29, 1.82) is 0 Å². The van der Waals surface area contributed by atoms with Gasteiger partial charge < -0.3 is 11.1 Å². The van der Waals surface area contributed by atoms with E-state index in [4.69, 9.17) is 5.73 Å². The van der Waals surface area contributed by atoms with E-state index in [0.29, 0.717) is 16.5 Å². The highest BCUT2D eigenvalue weighted by molar-refractivity contribution is 7.18. The van der Waals surface area contributed by atoms with E-state index >= 15 is 0 Å². The maximum absolute atomic E-state index is 11.7. The van der Waals surface area contributed by atoms with Crippen molar-refractivity contribution in [3.8, 4) is 0 Å². The number of hydrogen-bond acceptors (Lipinski definition) is 5. The van der Waals surface area contributed by atoms with Gasteiger partial charge in [-0.15, -0.1) is 11.3 Å². The van der Waals surface area contributed by atoms with Crippen LogP contribution in [0, 0.1) is 0 Å². The van der Waals surface area contributed by atoms with Crippen LogP contribution in [0.5, 0.6) is 0 Å². The Balaban J connectivity index is 1.91. The monoisotopic (exact) mass is 301 g/mol. The van der Waals surface area contributed by atoms with Crippen LogP contribution in [0.4, 0.5) is 10.7 Å². The lowest BCUT2D eigenvalue weighted by Gasteiger charge is -2.15. The van der Waals surface area contributed by atoms with Gasteiger partial charge in [0.2, 0.25) is 0 Å². The molecule has 2 aromatic heterocycles. The number of carbonyl (C=O) groups is 1. The highest BCUT2D eigenvalue weighted by atomic mass is 32.1. The number of hydrogen-bond donors (Lipinski definition) is 2. The van der Waals surface area contributed by atoms with Gasteiger partial charge in [0.05, 0.1) is 15.6 Å². The second-order valence-electron chi connectivity index (χ2n) is 5.56. The predicted octanol–water partition coefficient (Wildman–Crippen LogP) is 3.98. The first-order valence-electron chi connectivity index (χ1n) is 7.17. The van der Waals surface area contributed by atoms with Crippen LogP contribution in [0.15, 0.2) is 24.5 Å². The van der Waals surface area contributed by atoms with Crippen molar-refractivity contribution in [2.45, 2.75) is 38.6 Å². The molecule has 0 amide bonds. The van der Waals surface area contributed by atoms with Crippen LogP contribution in [0.25, 0.3) is 0 Å². The molecule has 0 saturated heterocycles. The lowest BCUT2D eigenvalue weighted by molar-refractivity contribution is 0.102. The third kappa shape index (κ3) is 2.78. The molecule has 110 valence electrons. The summed E-state index contributed by atoms with van der Waals surface area (Å²) in [4.78, 5) is 16.4. The summed E-state index contributed by atoms with van der Waals surface area (Å²) in [5, 5.41) is 4.57. The van der Waals surface area contributed by atoms with E-state index in [1.54, 1.807) is 19.3 Å². The molecule has 0 spiro atoms. The summed E-state index contributed by atoms with van der Waals surface area (Å²) in [6.07, 6.45) is 5.91. The van der Waals surface area contributed by atoms with Crippen molar-refractivity contribution < 1.29 is 4.79 Å². The Kier molecular flexibility index (Phi) is 3.68. The molecule has 2 aromatic rings. The van der Waals surface area contributed by atoms with Crippen LogP contribution in [-0.2, 0) is 0 Å². The highest BCUT2D eigenvalue weighted by Gasteiger charge is 2.32. The van der Waals surface area contributed by atoms with E-state index in [2.05, 4.69) is 17.2 Å². The maximum atomic E-state index is 11.7. The molecule has 21 heavy (non-hydrogen) atoms. The average molecular weight is 301 g/mol. The summed E-state index contributed by atoms with van der Waals surface area (Å²) in [6.45, 7) is 3.68. The van der Waals surface area contributed by atoms with Gasteiger partial charge in [0.25, 0.3) is 0 Å². The third-order valence-corrected chi connectivity index (χ3v) is 5.10. The Morgan fingerprint density at radius 2 is 2.10 bits per heavy atom. The minimum atomic E-state index is 0.0454. The van der Waals surface area contributed by atoms with E-state index in [1.807, 2.05) is 12.1 Å². The summed E-state index contributed by atoms with van der Waals surface area (Å²) >= 11 is 1.48. The van der Waals surface area contributed by atoms with E-state index in [-0.39, 0.29) is 11.8 Å². The SMILES string of the molecule is CC(=O)c1sc(NC(C)c2ccncc2)c(C2CC2)c1N. The fourth-order valence-electron chi connectivity index (χ4n) is 2.53. The Labute approximate surface area is 128 Å². The molecule has 0 radical (unpaired) electrons. The van der Waals surface area contributed by atoms with Gasteiger partial charge in [-0.1, -0.05) is 0 Å². The van der Waals surface area contributed by atoms with Crippen LogP contribution in [-0.4, -0.2) is 10.8 Å². The van der Waals surface area contributed by atoms with E-state index in [1.165, 1.54) is 16.9 Å². The molecular formula is C16H19N3OS. The van der Waals surface area contributed by atoms with Crippen LogP contribution in [0.2, 0.25) is 0 Å². The van der Waals surface area contributed by atoms with Gasteiger partial charge in [0.1, 0.15) is 0 Å². The summed E-state index contributed by atoms with van der Waals surface area (Å²) in [6, 6.07) is 4.15. The molecule has 1 aliphatic rings. The van der Waals surface area contributed by atoms with Crippen molar-refractivity contribution in [3.63, 3.8) is 0 Å². The minimum Gasteiger partial charge on any atom is -0.397 e. The van der Waals surface area contributed by atoms with Gasteiger partial charge in [-0.25, -0.2) is 0 Å². The zero-order valence-corrected chi connectivity index (χ0v) is 13.0. The fourth-order valence-corrected chi connectivity index (χ4v) is 3.72. The van der Waals surface area contributed by atoms with Crippen molar-refractivity contribution in [3.05, 3.63) is 40.5 Å². The zero-order valence-electron chi connectivity index (χ0n) is 12.2. The molecule has 1 saturated carbocycles. The number of aromatic nitrogens is 1. The average Bonchev–Trinajstić information content (AvgIpc) is 3.24. The predicted molar refractivity (Wildman–Crippen MR) is 87.0 cm³/mol. The molecule has 0 bridgehead atoms. The lowest BCUT2D eigenvalue weighted by Crippen LogP contribution is -2.07. The van der Waals surface area contributed by atoms with Crippen molar-refractivity contribution in [2.75, 3.05) is 11.1 Å². The third-order valence-electron chi connectivity index (χ3n) is 3.84. The smallest absolute Gasteiger partial charge is 0.171 e. The molecule has 3 rings (SSSR count). The molecule has 4 nitrogen and oxygen atoms in total. The molecule has 1 fully saturated rings. The van der Waals surface area contributed by atoms with E-state index in [0.717, 1.165) is 23.4 Å². The molecule has 2 heterocycles. The second-order valence-corrected chi connectivity index (χ2v) is 6.59. The molecule has 0 aromatic carbocycles. The first-order valence-corrected chi connectivity index (χ1v) is 7.99. The number of Topliss-reactive ketones (excluding diaryl/α,β-unsaturated/α-hetero) is 1. The van der Waals surface area contributed by atoms with Gasteiger partial charge in [-0.05, 0) is 43.4 Å². The van der Waals surface area contributed by atoms with Gasteiger partial charge in [-0.3, -0.25) is 9.78 Å². The van der Waals surface area contributed by atoms with Crippen molar-refractivity contribution in [2.24, 2.45) is 0 Å². The van der Waals surface area contributed by atoms with Crippen LogP contribution < -0.4 is 11.1 Å². The van der Waals surface area contributed by atoms with Crippen LogP contribution in [0.3, 0.4) is 0 Å². The summed E-state index contributed by atoms with van der Waals surface area (Å²) in [5.74, 6) is 0.561. The zero-order chi connectivity index (χ0) is 15.0. The highest BCUT2D eigenvalue weighted by Crippen LogP contribution is 2.51. The van der Waals surface area contributed by atoms with E-state index < -0.39 is 0 Å². The van der Waals surface area contributed by atoms with Gasteiger partial charge in [-0.2, -0.15) is 0 Å². The largest absolute Gasteiger partial charge is 0.397 e. The quantitative estimate of drug-likeness (QED) is 0.820. The Bertz CT molecular complexity index is 662. The normalized spacial score (nSPS) is 15.7. The number of pyridine rings is 1. The molecule has 1 atom stereocenters. The number of anilines is 2. The number of nitrogens with one attached hydrogen (secondary N) is 1. The molecular weight excluding hydrogens is 282 g/mol. The van der Waals surface area contributed by atoms with Crippen molar-refractivity contribution >= 4 is 27.8 Å². The molecule has 5 heteroatoms. The molecule has 3 N–H and O–H groups in total. The fraction of sp³-hybridized carbons (Fsp3) is 0.375. The first kappa shape index (κ1) is 14.1. The lowest BCUT2D eigenvalue weighted by atomic mass is 10.1. The maximum Gasteiger partial charge on any atom is 0.171 e. The number of carbonyl (C=O) groups excluding carboxylic acids is 1. The van der Waals surface area contributed by atoms with E-state index in [9.17, 15) is 4.79 Å². The number of rotatable bonds is 5. The number of ketones is 1. The molecule has 1 aliphatic carbocycles. The van der Waals surface area contributed by atoms with Gasteiger partial charge in [0.15, 0.2) is 5.78 Å². The standard InChI is InChI=1S/C16H19N3OS/c1-9(11-5-7-18-8-6-11)19-16-13(12-3-4-12)14(17)15(21-16)10(2)20/h5-9,12,19H,3-4,17H2,1-2H3. The summed E-state index contributed by atoms with van der Waals surface area (Å²) < 4.78 is 0. The van der Waals surface area contributed by atoms with Gasteiger partial charge in [0, 0.05) is 30.9 Å². The number of nitrogens with zero attached hydrogens (tertiary/aromatic N) is 1. The Hall–Kier alpha value is -1.88. The van der Waals surface area contributed by atoms with Crippen LogP contribution in [0.1, 0.15) is 59.4 Å². The second kappa shape index (κ2) is 5.48. The minimum absolute atomic E-state index is 0.0454. The van der Waals surface area contributed by atoms with Crippen molar-refractivity contribution in [1.82, 2.24) is 4.98 Å². The Morgan fingerprint density at radius 3 is 2.67 bits per heavy atom. The molecule has 1 unspecified atom stereocenters. The summed E-state index contributed by atoms with van der Waals surface area (Å²) in [7, 11) is 0. The number of nitrogens with two attached hydrogens (primary N) is 1. The number of nitrogen functional groups attached to an aromatic ring is 1.